The molecule has 5 heteroatoms. The molecule has 4 nitrogen and oxygen atoms in total. The molecule has 1 heterocycles. The molecule has 1 unspecified atom stereocenters. The van der Waals surface area contributed by atoms with Crippen molar-refractivity contribution < 1.29 is 0 Å². The summed E-state index contributed by atoms with van der Waals surface area (Å²) in [5, 5.41) is 6.35. The first-order chi connectivity index (χ1) is 7.26. The van der Waals surface area contributed by atoms with Gasteiger partial charge in [0.1, 0.15) is 0 Å². The lowest BCUT2D eigenvalue weighted by Gasteiger charge is -2.11. The summed E-state index contributed by atoms with van der Waals surface area (Å²) in [6, 6.07) is 0. The van der Waals surface area contributed by atoms with E-state index in [1.807, 2.05) is 25.7 Å². The summed E-state index contributed by atoms with van der Waals surface area (Å²) in [5.74, 6) is 1.27. The molecule has 0 radical (unpaired) electrons. The number of nitrogens with one attached hydrogen (secondary N) is 2. The predicted molar refractivity (Wildman–Crippen MR) is 65.4 cm³/mol. The molecule has 84 valence electrons. The van der Waals surface area contributed by atoms with E-state index in [9.17, 15) is 0 Å². The van der Waals surface area contributed by atoms with Crippen molar-refractivity contribution in [2.24, 2.45) is 5.92 Å². The van der Waals surface area contributed by atoms with Gasteiger partial charge < -0.3 is 10.6 Å². The molecule has 0 saturated heterocycles. The van der Waals surface area contributed by atoms with Crippen molar-refractivity contribution in [3.63, 3.8) is 0 Å². The maximum atomic E-state index is 4.22. The number of hydrogen-bond donors (Lipinski definition) is 2. The van der Waals surface area contributed by atoms with Gasteiger partial charge in [0.2, 0.25) is 5.95 Å². The summed E-state index contributed by atoms with van der Waals surface area (Å²) >= 11 is 1.65. The van der Waals surface area contributed by atoms with Crippen molar-refractivity contribution in [2.45, 2.75) is 11.8 Å². The minimum atomic E-state index is 0.568. The van der Waals surface area contributed by atoms with E-state index >= 15 is 0 Å². The summed E-state index contributed by atoms with van der Waals surface area (Å²) in [4.78, 5) is 9.52. The molecule has 0 fully saturated rings. The van der Waals surface area contributed by atoms with Gasteiger partial charge in [0.25, 0.3) is 0 Å². The largest absolute Gasteiger partial charge is 0.354 e. The second kappa shape index (κ2) is 6.63. The molecule has 0 spiro atoms. The van der Waals surface area contributed by atoms with E-state index < -0.39 is 0 Å². The molecule has 0 aromatic carbocycles. The first kappa shape index (κ1) is 12.3. The quantitative estimate of drug-likeness (QED) is 0.719. The van der Waals surface area contributed by atoms with Gasteiger partial charge in [0.15, 0.2) is 0 Å². The Kier molecular flexibility index (Phi) is 5.42. The van der Waals surface area contributed by atoms with Crippen molar-refractivity contribution in [3.8, 4) is 0 Å². The Morgan fingerprint density at radius 3 is 2.53 bits per heavy atom. The standard InChI is InChI=1S/C10H18N4S/c1-8(4-11-2)5-12-10-13-6-9(15-3)7-14-10/h6-8,11H,4-5H2,1-3H3,(H,12,13,14). The molecule has 0 amide bonds. The summed E-state index contributed by atoms with van der Waals surface area (Å²) in [5.41, 5.74) is 0. The smallest absolute Gasteiger partial charge is 0.222 e. The molecule has 1 aromatic rings. The zero-order chi connectivity index (χ0) is 11.1. The highest BCUT2D eigenvalue weighted by Crippen LogP contribution is 2.11. The predicted octanol–water partition coefficient (Wildman–Crippen LogP) is 1.47. The fourth-order valence-electron chi connectivity index (χ4n) is 1.20. The third-order valence-corrected chi connectivity index (χ3v) is 2.71. The molecule has 15 heavy (non-hydrogen) atoms. The van der Waals surface area contributed by atoms with Crippen LogP contribution >= 0.6 is 11.8 Å². The first-order valence-electron chi connectivity index (χ1n) is 5.00. The molecule has 0 saturated carbocycles. The van der Waals surface area contributed by atoms with Gasteiger partial charge in [-0.25, -0.2) is 9.97 Å². The van der Waals surface area contributed by atoms with Crippen molar-refractivity contribution in [1.82, 2.24) is 15.3 Å². The van der Waals surface area contributed by atoms with Crippen molar-refractivity contribution in [3.05, 3.63) is 12.4 Å². The number of rotatable bonds is 6. The topological polar surface area (TPSA) is 49.8 Å². The van der Waals surface area contributed by atoms with E-state index in [0.29, 0.717) is 11.9 Å². The summed E-state index contributed by atoms with van der Waals surface area (Å²) < 4.78 is 0. The SMILES string of the molecule is CNCC(C)CNc1ncc(SC)cn1. The van der Waals surface area contributed by atoms with Crippen LogP contribution in [0.2, 0.25) is 0 Å². The highest BCUT2D eigenvalue weighted by molar-refractivity contribution is 7.98. The van der Waals surface area contributed by atoms with Gasteiger partial charge in [-0.15, -0.1) is 11.8 Å². The molecule has 1 atom stereocenters. The van der Waals surface area contributed by atoms with Gasteiger partial charge in [0.05, 0.1) is 0 Å². The Labute approximate surface area is 95.3 Å². The maximum absolute atomic E-state index is 4.22. The average molecular weight is 226 g/mol. The van der Waals surface area contributed by atoms with E-state index in [1.165, 1.54) is 0 Å². The highest BCUT2D eigenvalue weighted by atomic mass is 32.2. The Balaban J connectivity index is 2.37. The van der Waals surface area contributed by atoms with Gasteiger partial charge in [-0.2, -0.15) is 0 Å². The zero-order valence-corrected chi connectivity index (χ0v) is 10.3. The number of anilines is 1. The average Bonchev–Trinajstić information content (AvgIpc) is 2.27. The van der Waals surface area contributed by atoms with E-state index in [2.05, 4.69) is 27.5 Å². The van der Waals surface area contributed by atoms with Crippen molar-refractivity contribution in [1.29, 1.82) is 0 Å². The second-order valence-corrected chi connectivity index (χ2v) is 4.37. The molecule has 2 N–H and O–H groups in total. The normalized spacial score (nSPS) is 12.5. The third kappa shape index (κ3) is 4.48. The van der Waals surface area contributed by atoms with Crippen molar-refractivity contribution in [2.75, 3.05) is 31.7 Å². The van der Waals surface area contributed by atoms with Crippen LogP contribution in [-0.2, 0) is 0 Å². The van der Waals surface area contributed by atoms with Crippen LogP contribution in [0.15, 0.2) is 17.3 Å². The van der Waals surface area contributed by atoms with Crippen LogP contribution in [0.4, 0.5) is 5.95 Å². The van der Waals surface area contributed by atoms with Gasteiger partial charge in [-0.3, -0.25) is 0 Å². The molecule has 1 aromatic heterocycles. The van der Waals surface area contributed by atoms with Crippen LogP contribution < -0.4 is 10.6 Å². The number of nitrogens with zero attached hydrogens (tertiary/aromatic N) is 2. The van der Waals surface area contributed by atoms with E-state index in [-0.39, 0.29) is 0 Å². The van der Waals surface area contributed by atoms with E-state index in [1.54, 1.807) is 11.8 Å². The van der Waals surface area contributed by atoms with Crippen LogP contribution in [0.3, 0.4) is 0 Å². The molecule has 0 bridgehead atoms. The molecule has 0 aliphatic rings. The lowest BCUT2D eigenvalue weighted by atomic mass is 10.2. The first-order valence-corrected chi connectivity index (χ1v) is 6.23. The summed E-state index contributed by atoms with van der Waals surface area (Å²) in [6.07, 6.45) is 5.69. The lowest BCUT2D eigenvalue weighted by Crippen LogP contribution is -2.23. The molecular formula is C10H18N4S. The number of thioether (sulfide) groups is 1. The van der Waals surface area contributed by atoms with E-state index in [0.717, 1.165) is 18.0 Å². The Hall–Kier alpha value is -0.810. The molecule has 1 rings (SSSR count). The van der Waals surface area contributed by atoms with Gasteiger partial charge in [-0.05, 0) is 25.8 Å². The van der Waals surface area contributed by atoms with Gasteiger partial charge in [0, 0.05) is 23.8 Å². The van der Waals surface area contributed by atoms with Crippen molar-refractivity contribution >= 4 is 17.7 Å². The monoisotopic (exact) mass is 226 g/mol. The number of aromatic nitrogens is 2. The minimum Gasteiger partial charge on any atom is -0.354 e. The second-order valence-electron chi connectivity index (χ2n) is 3.49. The van der Waals surface area contributed by atoms with E-state index in [4.69, 9.17) is 0 Å². The number of hydrogen-bond acceptors (Lipinski definition) is 5. The van der Waals surface area contributed by atoms with Crippen LogP contribution in [0.5, 0.6) is 0 Å². The van der Waals surface area contributed by atoms with Crippen LogP contribution in [0.1, 0.15) is 6.92 Å². The zero-order valence-electron chi connectivity index (χ0n) is 9.45. The summed E-state index contributed by atoms with van der Waals surface area (Å²) in [7, 11) is 1.96. The third-order valence-electron chi connectivity index (χ3n) is 2.03. The fraction of sp³-hybridized carbons (Fsp3) is 0.600. The molecule has 0 aliphatic carbocycles. The maximum Gasteiger partial charge on any atom is 0.222 e. The van der Waals surface area contributed by atoms with Crippen LogP contribution in [0.25, 0.3) is 0 Å². The Morgan fingerprint density at radius 2 is 2.00 bits per heavy atom. The Morgan fingerprint density at radius 1 is 1.33 bits per heavy atom. The van der Waals surface area contributed by atoms with Crippen LogP contribution in [-0.4, -0.2) is 36.4 Å². The molecular weight excluding hydrogens is 208 g/mol. The highest BCUT2D eigenvalue weighted by Gasteiger charge is 2.01. The fourth-order valence-corrected chi connectivity index (χ4v) is 1.52. The summed E-state index contributed by atoms with van der Waals surface area (Å²) in [6.45, 7) is 4.06. The molecule has 0 aliphatic heterocycles. The van der Waals surface area contributed by atoms with Gasteiger partial charge in [-0.1, -0.05) is 6.92 Å². The minimum absolute atomic E-state index is 0.568. The van der Waals surface area contributed by atoms with Gasteiger partial charge >= 0.3 is 0 Å². The Bertz CT molecular complexity index is 275. The van der Waals surface area contributed by atoms with Crippen LogP contribution in [0, 0.1) is 5.92 Å². The lowest BCUT2D eigenvalue weighted by molar-refractivity contribution is 0.568.